The molecular formula is C14H19NO. The molecule has 2 heteroatoms. The van der Waals surface area contributed by atoms with Gasteiger partial charge in [0.05, 0.1) is 0 Å². The quantitative estimate of drug-likeness (QED) is 0.777. The Morgan fingerprint density at radius 2 is 2.06 bits per heavy atom. The van der Waals surface area contributed by atoms with E-state index in [0.29, 0.717) is 6.04 Å². The van der Waals surface area contributed by atoms with Crippen molar-refractivity contribution in [2.24, 2.45) is 5.92 Å². The fraction of sp³-hybridized carbons (Fsp3) is 0.571. The summed E-state index contributed by atoms with van der Waals surface area (Å²) >= 11 is 0. The van der Waals surface area contributed by atoms with E-state index in [9.17, 15) is 5.11 Å². The van der Waals surface area contributed by atoms with E-state index in [0.717, 1.165) is 31.0 Å². The molecule has 0 spiro atoms. The van der Waals surface area contributed by atoms with Crippen molar-refractivity contribution in [3.63, 3.8) is 0 Å². The van der Waals surface area contributed by atoms with Crippen LogP contribution < -0.4 is 0 Å². The Labute approximate surface area is 96.9 Å². The molecule has 1 aromatic carbocycles. The van der Waals surface area contributed by atoms with Crippen LogP contribution in [0.15, 0.2) is 30.3 Å². The molecule has 3 rings (SSSR count). The number of nitrogens with zero attached hydrogens (tertiary/aromatic N) is 1. The SMILES string of the molecule is C[C@H]1CCN2C[C@](O)(c3ccccc3)[C@H]2C1. The summed E-state index contributed by atoms with van der Waals surface area (Å²) in [6.45, 7) is 4.26. The first kappa shape index (κ1) is 10.3. The number of rotatable bonds is 1. The summed E-state index contributed by atoms with van der Waals surface area (Å²) in [6, 6.07) is 10.5. The Morgan fingerprint density at radius 3 is 2.81 bits per heavy atom. The highest BCUT2D eigenvalue weighted by Crippen LogP contribution is 2.44. The number of benzene rings is 1. The van der Waals surface area contributed by atoms with Gasteiger partial charge >= 0.3 is 0 Å². The van der Waals surface area contributed by atoms with Crippen molar-refractivity contribution in [1.82, 2.24) is 4.90 Å². The number of fused-ring (bicyclic) bond motifs is 1. The Bertz CT molecular complexity index is 378. The third-order valence-electron chi connectivity index (χ3n) is 4.24. The van der Waals surface area contributed by atoms with E-state index in [2.05, 4.69) is 24.0 Å². The van der Waals surface area contributed by atoms with E-state index >= 15 is 0 Å². The molecule has 86 valence electrons. The summed E-state index contributed by atoms with van der Waals surface area (Å²) in [6.07, 6.45) is 2.41. The van der Waals surface area contributed by atoms with Gasteiger partial charge in [-0.1, -0.05) is 37.3 Å². The van der Waals surface area contributed by atoms with Crippen LogP contribution in [0.5, 0.6) is 0 Å². The van der Waals surface area contributed by atoms with E-state index in [-0.39, 0.29) is 0 Å². The molecule has 0 radical (unpaired) electrons. The summed E-state index contributed by atoms with van der Waals surface area (Å²) in [4.78, 5) is 2.42. The minimum absolute atomic E-state index is 0.346. The van der Waals surface area contributed by atoms with Gasteiger partial charge in [0.2, 0.25) is 0 Å². The van der Waals surface area contributed by atoms with Crippen molar-refractivity contribution in [1.29, 1.82) is 0 Å². The largest absolute Gasteiger partial charge is 0.382 e. The monoisotopic (exact) mass is 217 g/mol. The van der Waals surface area contributed by atoms with Gasteiger partial charge in [0.1, 0.15) is 5.60 Å². The molecule has 1 aromatic rings. The van der Waals surface area contributed by atoms with Crippen LogP contribution >= 0.6 is 0 Å². The molecule has 2 aliphatic heterocycles. The molecule has 0 bridgehead atoms. The molecular weight excluding hydrogens is 198 g/mol. The molecule has 2 fully saturated rings. The topological polar surface area (TPSA) is 23.5 Å². The van der Waals surface area contributed by atoms with E-state index in [1.807, 2.05) is 18.2 Å². The van der Waals surface area contributed by atoms with Gasteiger partial charge < -0.3 is 5.11 Å². The predicted octanol–water partition coefficient (Wildman–Crippen LogP) is 1.99. The third kappa shape index (κ3) is 1.40. The summed E-state index contributed by atoms with van der Waals surface area (Å²) < 4.78 is 0. The van der Waals surface area contributed by atoms with E-state index < -0.39 is 5.60 Å². The van der Waals surface area contributed by atoms with Gasteiger partial charge in [0.25, 0.3) is 0 Å². The maximum atomic E-state index is 10.8. The van der Waals surface area contributed by atoms with Crippen LogP contribution in [0, 0.1) is 5.92 Å². The van der Waals surface area contributed by atoms with Gasteiger partial charge in [-0.15, -0.1) is 0 Å². The number of hydrogen-bond acceptors (Lipinski definition) is 2. The Kier molecular flexibility index (Phi) is 2.30. The van der Waals surface area contributed by atoms with Crippen molar-refractivity contribution < 1.29 is 5.11 Å². The van der Waals surface area contributed by atoms with Crippen LogP contribution in [-0.4, -0.2) is 29.1 Å². The lowest BCUT2D eigenvalue weighted by molar-refractivity contribution is -0.179. The van der Waals surface area contributed by atoms with Crippen molar-refractivity contribution >= 4 is 0 Å². The first-order valence-corrected chi connectivity index (χ1v) is 6.22. The number of hydrogen-bond donors (Lipinski definition) is 1. The fourth-order valence-electron chi connectivity index (χ4n) is 3.19. The van der Waals surface area contributed by atoms with E-state index in [4.69, 9.17) is 0 Å². The minimum Gasteiger partial charge on any atom is -0.382 e. The molecule has 0 amide bonds. The summed E-state index contributed by atoms with van der Waals surface area (Å²) in [5.74, 6) is 0.747. The second-order valence-corrected chi connectivity index (χ2v) is 5.41. The third-order valence-corrected chi connectivity index (χ3v) is 4.24. The second kappa shape index (κ2) is 3.57. The van der Waals surface area contributed by atoms with Gasteiger partial charge in [0.15, 0.2) is 0 Å². The average molecular weight is 217 g/mol. The number of piperidine rings is 1. The molecule has 0 saturated carbocycles. The Hall–Kier alpha value is -0.860. The van der Waals surface area contributed by atoms with Crippen LogP contribution in [0.25, 0.3) is 0 Å². The van der Waals surface area contributed by atoms with E-state index in [1.54, 1.807) is 0 Å². The van der Waals surface area contributed by atoms with Crippen molar-refractivity contribution in [3.8, 4) is 0 Å². The second-order valence-electron chi connectivity index (χ2n) is 5.41. The first-order valence-electron chi connectivity index (χ1n) is 6.22. The van der Waals surface area contributed by atoms with Crippen LogP contribution in [-0.2, 0) is 5.60 Å². The molecule has 3 atom stereocenters. The molecule has 0 aliphatic carbocycles. The minimum atomic E-state index is -0.587. The fourth-order valence-corrected chi connectivity index (χ4v) is 3.19. The maximum Gasteiger partial charge on any atom is 0.118 e. The molecule has 2 saturated heterocycles. The zero-order chi connectivity index (χ0) is 11.2. The van der Waals surface area contributed by atoms with Gasteiger partial charge in [-0.3, -0.25) is 4.90 Å². The van der Waals surface area contributed by atoms with Crippen LogP contribution in [0.2, 0.25) is 0 Å². The van der Waals surface area contributed by atoms with Gasteiger partial charge in [-0.2, -0.15) is 0 Å². The number of aliphatic hydroxyl groups is 1. The van der Waals surface area contributed by atoms with Crippen molar-refractivity contribution in [3.05, 3.63) is 35.9 Å². The summed E-state index contributed by atoms with van der Waals surface area (Å²) in [5, 5.41) is 10.8. The first-order chi connectivity index (χ1) is 7.70. The highest BCUT2D eigenvalue weighted by molar-refractivity contribution is 5.29. The van der Waals surface area contributed by atoms with Gasteiger partial charge in [0, 0.05) is 12.6 Å². The Morgan fingerprint density at radius 1 is 1.31 bits per heavy atom. The average Bonchev–Trinajstić information content (AvgIpc) is 2.31. The van der Waals surface area contributed by atoms with Gasteiger partial charge in [-0.05, 0) is 30.9 Å². The van der Waals surface area contributed by atoms with Crippen LogP contribution in [0.4, 0.5) is 0 Å². The lowest BCUT2D eigenvalue weighted by atomic mass is 9.71. The van der Waals surface area contributed by atoms with Crippen molar-refractivity contribution in [2.75, 3.05) is 13.1 Å². The molecule has 2 heterocycles. The standard InChI is InChI=1S/C14H19NO/c1-11-7-8-15-10-14(16,13(15)9-11)12-5-3-2-4-6-12/h2-6,11,13,16H,7-10H2,1H3/t11-,13+,14-/m0/s1. The molecule has 2 nitrogen and oxygen atoms in total. The molecule has 1 N–H and O–H groups in total. The smallest absolute Gasteiger partial charge is 0.118 e. The Balaban J connectivity index is 1.86. The predicted molar refractivity (Wildman–Crippen MR) is 64.1 cm³/mol. The maximum absolute atomic E-state index is 10.8. The zero-order valence-electron chi connectivity index (χ0n) is 9.76. The highest BCUT2D eigenvalue weighted by Gasteiger charge is 2.53. The lowest BCUT2D eigenvalue weighted by Gasteiger charge is -2.58. The lowest BCUT2D eigenvalue weighted by Crippen LogP contribution is -2.69. The molecule has 0 aromatic heterocycles. The van der Waals surface area contributed by atoms with Crippen LogP contribution in [0.1, 0.15) is 25.3 Å². The summed E-state index contributed by atoms with van der Waals surface area (Å²) in [7, 11) is 0. The summed E-state index contributed by atoms with van der Waals surface area (Å²) in [5.41, 5.74) is 0.501. The zero-order valence-corrected chi connectivity index (χ0v) is 9.76. The van der Waals surface area contributed by atoms with Gasteiger partial charge in [-0.25, -0.2) is 0 Å². The normalized spacial score (nSPS) is 38.9. The van der Waals surface area contributed by atoms with E-state index in [1.165, 1.54) is 6.42 Å². The van der Waals surface area contributed by atoms with Crippen molar-refractivity contribution in [2.45, 2.75) is 31.4 Å². The molecule has 0 unspecified atom stereocenters. The van der Waals surface area contributed by atoms with Crippen LogP contribution in [0.3, 0.4) is 0 Å². The molecule has 16 heavy (non-hydrogen) atoms. The molecule has 2 aliphatic rings. The highest BCUT2D eigenvalue weighted by atomic mass is 16.3.